The van der Waals surface area contributed by atoms with Crippen LogP contribution in [-0.4, -0.2) is 13.1 Å². The second-order valence-corrected chi connectivity index (χ2v) is 3.80. The smallest absolute Gasteiger partial charge is 0.146 e. The van der Waals surface area contributed by atoms with Crippen molar-refractivity contribution in [3.05, 3.63) is 29.6 Å². The molecule has 3 N–H and O–H groups in total. The minimum absolute atomic E-state index is 0.145. The quantitative estimate of drug-likeness (QED) is 0.752. The fraction of sp³-hybridized carbons (Fsp3) is 0.455. The Hall–Kier alpha value is -1.09. The third-order valence-electron chi connectivity index (χ3n) is 2.75. The Balaban J connectivity index is 2.18. The number of hydrogen-bond acceptors (Lipinski definition) is 2. The second-order valence-electron chi connectivity index (χ2n) is 3.80. The highest BCUT2D eigenvalue weighted by Gasteiger charge is 2.19. The van der Waals surface area contributed by atoms with Crippen LogP contribution in [0.4, 0.5) is 10.1 Å². The van der Waals surface area contributed by atoms with E-state index in [4.69, 9.17) is 5.73 Å². The van der Waals surface area contributed by atoms with Gasteiger partial charge in [0.1, 0.15) is 5.82 Å². The van der Waals surface area contributed by atoms with E-state index in [0.29, 0.717) is 18.2 Å². The van der Waals surface area contributed by atoms with E-state index in [1.165, 1.54) is 6.07 Å². The summed E-state index contributed by atoms with van der Waals surface area (Å²) in [5, 5.41) is 3.14. The molecule has 0 aromatic heterocycles. The van der Waals surface area contributed by atoms with Gasteiger partial charge >= 0.3 is 0 Å². The van der Waals surface area contributed by atoms with Gasteiger partial charge in [-0.25, -0.2) is 4.39 Å². The summed E-state index contributed by atoms with van der Waals surface area (Å²) in [6.45, 7) is 1.54. The van der Waals surface area contributed by atoms with Crippen LogP contribution in [0.3, 0.4) is 0 Å². The Morgan fingerprint density at radius 1 is 1.50 bits per heavy atom. The van der Waals surface area contributed by atoms with Crippen molar-refractivity contribution in [2.75, 3.05) is 18.4 Å². The number of para-hydroxylation sites is 1. The number of halogens is 1. The van der Waals surface area contributed by atoms with Crippen LogP contribution in [-0.2, 0) is 6.42 Å². The highest BCUT2D eigenvalue weighted by atomic mass is 19.1. The Morgan fingerprint density at radius 2 is 2.36 bits per heavy atom. The normalized spacial score (nSPS) is 20.0. The predicted molar refractivity (Wildman–Crippen MR) is 55.8 cm³/mol. The van der Waals surface area contributed by atoms with Gasteiger partial charge in [-0.05, 0) is 36.9 Å². The molecular formula is C11H15FN2. The van der Waals surface area contributed by atoms with E-state index in [0.717, 1.165) is 24.9 Å². The molecule has 1 unspecified atom stereocenters. The van der Waals surface area contributed by atoms with Gasteiger partial charge in [0, 0.05) is 6.54 Å². The first-order valence-electron chi connectivity index (χ1n) is 5.02. The molecule has 0 aliphatic carbocycles. The lowest BCUT2D eigenvalue weighted by Crippen LogP contribution is -2.25. The van der Waals surface area contributed by atoms with Crippen molar-refractivity contribution >= 4 is 5.69 Å². The van der Waals surface area contributed by atoms with Crippen molar-refractivity contribution in [3.8, 4) is 0 Å². The van der Waals surface area contributed by atoms with E-state index in [2.05, 4.69) is 5.32 Å². The molecule has 0 bridgehead atoms. The standard InChI is InChI=1S/C11H15FN2/c12-10-3-1-2-9-6-8(4-5-13)7-14-11(9)10/h1-3,8,14H,4-7,13H2. The van der Waals surface area contributed by atoms with Crippen LogP contribution in [0.15, 0.2) is 18.2 Å². The third kappa shape index (κ3) is 1.73. The van der Waals surface area contributed by atoms with E-state index in [1.54, 1.807) is 6.07 Å². The lowest BCUT2D eigenvalue weighted by atomic mass is 9.91. The lowest BCUT2D eigenvalue weighted by Gasteiger charge is -2.25. The minimum atomic E-state index is -0.145. The van der Waals surface area contributed by atoms with Crippen LogP contribution < -0.4 is 11.1 Å². The van der Waals surface area contributed by atoms with Crippen LogP contribution in [0.25, 0.3) is 0 Å². The van der Waals surface area contributed by atoms with Crippen LogP contribution >= 0.6 is 0 Å². The van der Waals surface area contributed by atoms with Gasteiger partial charge in [-0.2, -0.15) is 0 Å². The maximum atomic E-state index is 13.3. The molecular weight excluding hydrogens is 179 g/mol. The van der Waals surface area contributed by atoms with Crippen molar-refractivity contribution in [2.45, 2.75) is 12.8 Å². The van der Waals surface area contributed by atoms with E-state index in [1.807, 2.05) is 6.07 Å². The molecule has 1 atom stereocenters. The molecule has 0 spiro atoms. The SMILES string of the molecule is NCCC1CNc2c(F)cccc2C1. The van der Waals surface area contributed by atoms with Crippen molar-refractivity contribution in [2.24, 2.45) is 11.7 Å². The monoisotopic (exact) mass is 194 g/mol. The average Bonchev–Trinajstić information content (AvgIpc) is 2.18. The first-order chi connectivity index (χ1) is 6.81. The van der Waals surface area contributed by atoms with Gasteiger partial charge in [-0.3, -0.25) is 0 Å². The molecule has 0 radical (unpaired) electrons. The highest BCUT2D eigenvalue weighted by molar-refractivity contribution is 5.54. The van der Waals surface area contributed by atoms with E-state index >= 15 is 0 Å². The van der Waals surface area contributed by atoms with Gasteiger partial charge in [0.05, 0.1) is 5.69 Å². The molecule has 1 aromatic rings. The summed E-state index contributed by atoms with van der Waals surface area (Å²) in [7, 11) is 0. The molecule has 3 heteroatoms. The molecule has 1 aliphatic heterocycles. The zero-order valence-electron chi connectivity index (χ0n) is 8.09. The summed E-state index contributed by atoms with van der Waals surface area (Å²) in [4.78, 5) is 0. The zero-order valence-corrected chi connectivity index (χ0v) is 8.09. The van der Waals surface area contributed by atoms with E-state index in [-0.39, 0.29) is 5.82 Å². The molecule has 2 rings (SSSR count). The van der Waals surface area contributed by atoms with E-state index in [9.17, 15) is 4.39 Å². The largest absolute Gasteiger partial charge is 0.382 e. The molecule has 0 amide bonds. The van der Waals surface area contributed by atoms with Crippen molar-refractivity contribution in [1.82, 2.24) is 0 Å². The van der Waals surface area contributed by atoms with Crippen LogP contribution in [0.1, 0.15) is 12.0 Å². The molecule has 1 aromatic carbocycles. The summed E-state index contributed by atoms with van der Waals surface area (Å²) in [5.74, 6) is 0.406. The highest BCUT2D eigenvalue weighted by Crippen LogP contribution is 2.28. The molecule has 76 valence electrons. The number of nitrogens with one attached hydrogen (secondary N) is 1. The van der Waals surface area contributed by atoms with Gasteiger partial charge in [-0.1, -0.05) is 12.1 Å². The summed E-state index contributed by atoms with van der Waals surface area (Å²) in [6, 6.07) is 5.24. The Kier molecular flexibility index (Phi) is 2.68. The number of hydrogen-bond donors (Lipinski definition) is 2. The van der Waals surface area contributed by atoms with Crippen molar-refractivity contribution in [1.29, 1.82) is 0 Å². The zero-order chi connectivity index (χ0) is 9.97. The Labute approximate surface area is 83.3 Å². The maximum absolute atomic E-state index is 13.3. The van der Waals surface area contributed by atoms with Gasteiger partial charge in [0.15, 0.2) is 0 Å². The van der Waals surface area contributed by atoms with Crippen molar-refractivity contribution in [3.63, 3.8) is 0 Å². The predicted octanol–water partition coefficient (Wildman–Crippen LogP) is 1.76. The fourth-order valence-electron chi connectivity index (χ4n) is 2.01. The third-order valence-corrected chi connectivity index (χ3v) is 2.75. The van der Waals surface area contributed by atoms with Crippen LogP contribution in [0.2, 0.25) is 0 Å². The topological polar surface area (TPSA) is 38.0 Å². The number of fused-ring (bicyclic) bond motifs is 1. The number of benzene rings is 1. The van der Waals surface area contributed by atoms with Gasteiger partial charge < -0.3 is 11.1 Å². The number of nitrogens with two attached hydrogens (primary N) is 1. The fourth-order valence-corrected chi connectivity index (χ4v) is 2.01. The second kappa shape index (κ2) is 3.96. The van der Waals surface area contributed by atoms with Gasteiger partial charge in [-0.15, -0.1) is 0 Å². The minimum Gasteiger partial charge on any atom is -0.382 e. The summed E-state index contributed by atoms with van der Waals surface area (Å²) >= 11 is 0. The Morgan fingerprint density at radius 3 is 3.14 bits per heavy atom. The lowest BCUT2D eigenvalue weighted by molar-refractivity contribution is 0.497. The van der Waals surface area contributed by atoms with Crippen LogP contribution in [0, 0.1) is 11.7 Å². The molecule has 2 nitrogen and oxygen atoms in total. The van der Waals surface area contributed by atoms with E-state index < -0.39 is 0 Å². The van der Waals surface area contributed by atoms with Crippen molar-refractivity contribution < 1.29 is 4.39 Å². The first-order valence-corrected chi connectivity index (χ1v) is 5.02. The number of rotatable bonds is 2. The van der Waals surface area contributed by atoms with Crippen LogP contribution in [0.5, 0.6) is 0 Å². The molecule has 0 saturated heterocycles. The number of anilines is 1. The molecule has 0 saturated carbocycles. The molecule has 14 heavy (non-hydrogen) atoms. The maximum Gasteiger partial charge on any atom is 0.146 e. The summed E-state index contributed by atoms with van der Waals surface area (Å²) in [6.07, 6.45) is 1.94. The molecule has 1 aliphatic rings. The van der Waals surface area contributed by atoms with Gasteiger partial charge in [0.2, 0.25) is 0 Å². The Bertz CT molecular complexity index is 325. The van der Waals surface area contributed by atoms with Gasteiger partial charge in [0.25, 0.3) is 0 Å². The molecule has 1 heterocycles. The molecule has 0 fully saturated rings. The first kappa shape index (κ1) is 9.46. The average molecular weight is 194 g/mol. The summed E-state index contributed by atoms with van der Waals surface area (Å²) in [5.41, 5.74) is 7.27. The summed E-state index contributed by atoms with van der Waals surface area (Å²) < 4.78 is 13.3.